The zero-order chi connectivity index (χ0) is 15.2. The van der Waals surface area contributed by atoms with Crippen molar-refractivity contribution in [2.75, 3.05) is 14.2 Å². The van der Waals surface area contributed by atoms with E-state index in [0.717, 1.165) is 27.5 Å². The SMILES string of the molecule is CNC(Cc1ccc(Br)cc1)Cc1cc(OC)ccc1Br. The van der Waals surface area contributed by atoms with Crippen LogP contribution >= 0.6 is 31.9 Å². The Morgan fingerprint density at radius 1 is 1.05 bits per heavy atom. The largest absolute Gasteiger partial charge is 0.497 e. The zero-order valence-corrected chi connectivity index (χ0v) is 15.4. The number of halogens is 2. The van der Waals surface area contributed by atoms with E-state index in [1.165, 1.54) is 11.1 Å². The highest BCUT2D eigenvalue weighted by Crippen LogP contribution is 2.24. The molecule has 2 aromatic carbocycles. The second-order valence-corrected chi connectivity index (χ2v) is 6.75. The molecule has 0 aliphatic rings. The molecular formula is C17H19Br2NO. The Balaban J connectivity index is 2.10. The Morgan fingerprint density at radius 2 is 1.76 bits per heavy atom. The molecule has 0 bridgehead atoms. The standard InChI is InChI=1S/C17H19Br2NO/c1-20-15(9-12-3-5-14(18)6-4-12)10-13-11-16(21-2)7-8-17(13)19/h3-8,11,15,20H,9-10H2,1-2H3. The number of ether oxygens (including phenoxy) is 1. The second-order valence-electron chi connectivity index (χ2n) is 4.98. The van der Waals surface area contributed by atoms with E-state index in [2.05, 4.69) is 67.5 Å². The summed E-state index contributed by atoms with van der Waals surface area (Å²) in [4.78, 5) is 0. The Hall–Kier alpha value is -0.840. The third-order valence-electron chi connectivity index (χ3n) is 3.52. The molecule has 112 valence electrons. The minimum absolute atomic E-state index is 0.384. The molecule has 1 atom stereocenters. The van der Waals surface area contributed by atoms with E-state index in [0.29, 0.717) is 6.04 Å². The summed E-state index contributed by atoms with van der Waals surface area (Å²) < 4.78 is 7.55. The quantitative estimate of drug-likeness (QED) is 0.748. The van der Waals surface area contributed by atoms with Gasteiger partial charge in [0.1, 0.15) is 5.75 Å². The van der Waals surface area contributed by atoms with Crippen LogP contribution in [-0.2, 0) is 12.8 Å². The third kappa shape index (κ3) is 4.83. The van der Waals surface area contributed by atoms with Gasteiger partial charge in [-0.1, -0.05) is 44.0 Å². The first-order valence-corrected chi connectivity index (χ1v) is 8.45. The first kappa shape index (κ1) is 16.5. The van der Waals surface area contributed by atoms with Gasteiger partial charge in [-0.3, -0.25) is 0 Å². The summed E-state index contributed by atoms with van der Waals surface area (Å²) in [5.74, 6) is 0.895. The van der Waals surface area contributed by atoms with Gasteiger partial charge in [0.15, 0.2) is 0 Å². The lowest BCUT2D eigenvalue weighted by molar-refractivity contribution is 0.413. The topological polar surface area (TPSA) is 21.3 Å². The lowest BCUT2D eigenvalue weighted by atomic mass is 9.99. The Morgan fingerprint density at radius 3 is 2.38 bits per heavy atom. The smallest absolute Gasteiger partial charge is 0.119 e. The molecule has 0 radical (unpaired) electrons. The summed E-state index contributed by atoms with van der Waals surface area (Å²) in [5, 5.41) is 3.40. The van der Waals surface area contributed by atoms with Crippen LogP contribution in [0.25, 0.3) is 0 Å². The molecule has 2 rings (SSSR count). The highest BCUT2D eigenvalue weighted by Gasteiger charge is 2.11. The van der Waals surface area contributed by atoms with Crippen LogP contribution in [0.5, 0.6) is 5.75 Å². The molecule has 2 nitrogen and oxygen atoms in total. The van der Waals surface area contributed by atoms with Crippen LogP contribution in [0.15, 0.2) is 51.4 Å². The molecule has 4 heteroatoms. The van der Waals surface area contributed by atoms with Gasteiger partial charge in [0.05, 0.1) is 7.11 Å². The molecule has 1 unspecified atom stereocenters. The monoisotopic (exact) mass is 411 g/mol. The van der Waals surface area contributed by atoms with Crippen LogP contribution in [0.2, 0.25) is 0 Å². The van der Waals surface area contributed by atoms with E-state index < -0.39 is 0 Å². The zero-order valence-electron chi connectivity index (χ0n) is 12.2. The third-order valence-corrected chi connectivity index (χ3v) is 4.83. The van der Waals surface area contributed by atoms with Gasteiger partial charge in [0.25, 0.3) is 0 Å². The lowest BCUT2D eigenvalue weighted by Crippen LogP contribution is -2.30. The molecule has 0 aliphatic carbocycles. The number of rotatable bonds is 6. The number of hydrogen-bond donors (Lipinski definition) is 1. The van der Waals surface area contributed by atoms with Gasteiger partial charge >= 0.3 is 0 Å². The maximum Gasteiger partial charge on any atom is 0.119 e. The normalized spacial score (nSPS) is 12.2. The Labute approximate surface area is 143 Å². The molecule has 2 aromatic rings. The average Bonchev–Trinajstić information content (AvgIpc) is 2.50. The van der Waals surface area contributed by atoms with Crippen LogP contribution < -0.4 is 10.1 Å². The van der Waals surface area contributed by atoms with Crippen LogP contribution in [-0.4, -0.2) is 20.2 Å². The van der Waals surface area contributed by atoms with Crippen molar-refractivity contribution in [3.63, 3.8) is 0 Å². The van der Waals surface area contributed by atoms with Crippen molar-refractivity contribution in [2.24, 2.45) is 0 Å². The van der Waals surface area contributed by atoms with Crippen LogP contribution in [0.4, 0.5) is 0 Å². The van der Waals surface area contributed by atoms with Crippen molar-refractivity contribution in [3.8, 4) is 5.75 Å². The van der Waals surface area contributed by atoms with E-state index >= 15 is 0 Å². The molecule has 1 N–H and O–H groups in total. The van der Waals surface area contributed by atoms with Crippen molar-refractivity contribution in [1.29, 1.82) is 0 Å². The maximum atomic E-state index is 5.31. The fourth-order valence-electron chi connectivity index (χ4n) is 2.28. The highest BCUT2D eigenvalue weighted by atomic mass is 79.9. The summed E-state index contributed by atoms with van der Waals surface area (Å²) in [6.45, 7) is 0. The van der Waals surface area contributed by atoms with Crippen molar-refractivity contribution >= 4 is 31.9 Å². The summed E-state index contributed by atoms with van der Waals surface area (Å²) in [6.07, 6.45) is 1.94. The fraction of sp³-hybridized carbons (Fsp3) is 0.294. The van der Waals surface area contributed by atoms with E-state index in [1.807, 2.05) is 19.2 Å². The van der Waals surface area contributed by atoms with Gasteiger partial charge in [-0.25, -0.2) is 0 Å². The van der Waals surface area contributed by atoms with Gasteiger partial charge in [-0.15, -0.1) is 0 Å². The average molecular weight is 413 g/mol. The number of likely N-dealkylation sites (N-methyl/N-ethyl adjacent to an activating group) is 1. The molecule has 0 amide bonds. The first-order valence-electron chi connectivity index (χ1n) is 6.86. The van der Waals surface area contributed by atoms with Crippen LogP contribution in [0.1, 0.15) is 11.1 Å². The molecule has 0 aromatic heterocycles. The van der Waals surface area contributed by atoms with E-state index in [-0.39, 0.29) is 0 Å². The Kier molecular flexibility index (Phi) is 6.27. The second kappa shape index (κ2) is 7.97. The summed E-state index contributed by atoms with van der Waals surface area (Å²) in [5.41, 5.74) is 2.59. The number of nitrogens with one attached hydrogen (secondary N) is 1. The molecule has 0 heterocycles. The maximum absolute atomic E-state index is 5.31. The summed E-state index contributed by atoms with van der Waals surface area (Å²) in [7, 11) is 3.71. The molecule has 0 saturated carbocycles. The van der Waals surface area contributed by atoms with Gasteiger partial charge < -0.3 is 10.1 Å². The van der Waals surface area contributed by atoms with Crippen molar-refractivity contribution in [2.45, 2.75) is 18.9 Å². The van der Waals surface area contributed by atoms with Gasteiger partial charge in [0.2, 0.25) is 0 Å². The van der Waals surface area contributed by atoms with E-state index in [4.69, 9.17) is 4.74 Å². The predicted molar refractivity (Wildman–Crippen MR) is 95.1 cm³/mol. The van der Waals surface area contributed by atoms with Gasteiger partial charge in [0, 0.05) is 15.0 Å². The molecule has 0 fully saturated rings. The predicted octanol–water partition coefficient (Wildman–Crippen LogP) is 4.59. The number of methoxy groups -OCH3 is 1. The van der Waals surface area contributed by atoms with E-state index in [9.17, 15) is 0 Å². The van der Waals surface area contributed by atoms with E-state index in [1.54, 1.807) is 7.11 Å². The van der Waals surface area contributed by atoms with Crippen molar-refractivity contribution in [1.82, 2.24) is 5.32 Å². The first-order chi connectivity index (χ1) is 10.1. The van der Waals surface area contributed by atoms with Gasteiger partial charge in [-0.05, 0) is 61.3 Å². The molecular weight excluding hydrogens is 394 g/mol. The number of hydrogen-bond acceptors (Lipinski definition) is 2. The summed E-state index contributed by atoms with van der Waals surface area (Å²) in [6, 6.07) is 15.0. The lowest BCUT2D eigenvalue weighted by Gasteiger charge is -2.18. The molecule has 0 spiro atoms. The molecule has 0 saturated heterocycles. The molecule has 21 heavy (non-hydrogen) atoms. The van der Waals surface area contributed by atoms with Crippen LogP contribution in [0.3, 0.4) is 0 Å². The van der Waals surface area contributed by atoms with Gasteiger partial charge in [-0.2, -0.15) is 0 Å². The van der Waals surface area contributed by atoms with Crippen LogP contribution in [0, 0.1) is 0 Å². The molecule has 0 aliphatic heterocycles. The fourth-order valence-corrected chi connectivity index (χ4v) is 2.95. The summed E-state index contributed by atoms with van der Waals surface area (Å²) >= 11 is 7.09. The highest BCUT2D eigenvalue weighted by molar-refractivity contribution is 9.10. The van der Waals surface area contributed by atoms with Crippen molar-refractivity contribution in [3.05, 3.63) is 62.5 Å². The minimum Gasteiger partial charge on any atom is -0.497 e. The van der Waals surface area contributed by atoms with Crippen molar-refractivity contribution < 1.29 is 4.74 Å². The minimum atomic E-state index is 0.384. The Bertz CT molecular complexity index is 584. The number of benzene rings is 2.